The second-order valence-corrected chi connectivity index (χ2v) is 3.52. The van der Waals surface area contributed by atoms with Gasteiger partial charge >= 0.3 is 0 Å². The second kappa shape index (κ2) is 6.41. The van der Waals surface area contributed by atoms with E-state index in [1.807, 2.05) is 7.05 Å². The number of hydrogen-bond donors (Lipinski definition) is 1. The van der Waals surface area contributed by atoms with Crippen molar-refractivity contribution in [3.05, 3.63) is 11.6 Å². The lowest BCUT2D eigenvalue weighted by atomic mass is 10.1. The lowest BCUT2D eigenvalue weighted by Gasteiger charge is -2.07. The third-order valence-electron chi connectivity index (χ3n) is 1.76. The van der Waals surface area contributed by atoms with Gasteiger partial charge < -0.3 is 5.32 Å². The van der Waals surface area contributed by atoms with E-state index in [4.69, 9.17) is 0 Å². The first-order chi connectivity index (χ1) is 5.16. The van der Waals surface area contributed by atoms with Crippen molar-refractivity contribution >= 4 is 0 Å². The first kappa shape index (κ1) is 10.7. The minimum absolute atomic E-state index is 0.801. The van der Waals surface area contributed by atoms with Crippen LogP contribution >= 0.6 is 0 Å². The molecule has 0 fully saturated rings. The van der Waals surface area contributed by atoms with Crippen LogP contribution in [0.3, 0.4) is 0 Å². The molecule has 0 unspecified atom stereocenters. The molecular formula is C10H21N. The lowest BCUT2D eigenvalue weighted by molar-refractivity contribution is 0.509. The summed E-state index contributed by atoms with van der Waals surface area (Å²) in [6.45, 7) is 7.73. The summed E-state index contributed by atoms with van der Waals surface area (Å²) in [7, 11) is 2.01. The van der Waals surface area contributed by atoms with Crippen LogP contribution in [0.5, 0.6) is 0 Å². The van der Waals surface area contributed by atoms with Crippen molar-refractivity contribution in [2.45, 2.75) is 33.6 Å². The van der Waals surface area contributed by atoms with Gasteiger partial charge in [0.15, 0.2) is 0 Å². The molecule has 66 valence electrons. The summed E-state index contributed by atoms with van der Waals surface area (Å²) in [6.07, 6.45) is 4.84. The van der Waals surface area contributed by atoms with E-state index in [2.05, 4.69) is 32.2 Å². The Hall–Kier alpha value is -0.300. The van der Waals surface area contributed by atoms with Crippen molar-refractivity contribution < 1.29 is 0 Å². The standard InChI is InChI=1S/C10H21N/c1-9(2)6-5-7-10(3)8-11-4/h6,10-11H,5,7-8H2,1-4H3/t10-/m0/s1. The molecule has 0 aliphatic rings. The van der Waals surface area contributed by atoms with Crippen LogP contribution in [0, 0.1) is 5.92 Å². The Morgan fingerprint density at radius 3 is 2.55 bits per heavy atom. The van der Waals surface area contributed by atoms with Crippen molar-refractivity contribution in [3.63, 3.8) is 0 Å². The largest absolute Gasteiger partial charge is 0.319 e. The van der Waals surface area contributed by atoms with E-state index < -0.39 is 0 Å². The number of hydrogen-bond acceptors (Lipinski definition) is 1. The van der Waals surface area contributed by atoms with E-state index in [1.54, 1.807) is 0 Å². The van der Waals surface area contributed by atoms with E-state index in [9.17, 15) is 0 Å². The Morgan fingerprint density at radius 2 is 2.09 bits per heavy atom. The highest BCUT2D eigenvalue weighted by Crippen LogP contribution is 2.05. The van der Waals surface area contributed by atoms with Gasteiger partial charge in [-0.25, -0.2) is 0 Å². The Balaban J connectivity index is 3.31. The van der Waals surface area contributed by atoms with Crippen molar-refractivity contribution in [1.82, 2.24) is 5.32 Å². The maximum atomic E-state index is 3.18. The van der Waals surface area contributed by atoms with Crippen LogP contribution in [-0.2, 0) is 0 Å². The van der Waals surface area contributed by atoms with E-state index in [1.165, 1.54) is 18.4 Å². The van der Waals surface area contributed by atoms with Gasteiger partial charge in [-0.05, 0) is 46.2 Å². The molecule has 0 aromatic heterocycles. The molecule has 0 spiro atoms. The maximum Gasteiger partial charge on any atom is -0.00260 e. The predicted molar refractivity (Wildman–Crippen MR) is 51.8 cm³/mol. The summed E-state index contributed by atoms with van der Waals surface area (Å²) >= 11 is 0. The fourth-order valence-corrected chi connectivity index (χ4v) is 1.11. The van der Waals surface area contributed by atoms with Crippen LogP contribution in [0.2, 0.25) is 0 Å². The molecular weight excluding hydrogens is 134 g/mol. The Morgan fingerprint density at radius 1 is 1.45 bits per heavy atom. The third-order valence-corrected chi connectivity index (χ3v) is 1.76. The van der Waals surface area contributed by atoms with Crippen LogP contribution in [0.1, 0.15) is 33.6 Å². The smallest absolute Gasteiger partial charge is 0.00260 e. The molecule has 0 aliphatic heterocycles. The van der Waals surface area contributed by atoms with Crippen LogP contribution in [0.4, 0.5) is 0 Å². The molecule has 0 radical (unpaired) electrons. The van der Waals surface area contributed by atoms with E-state index >= 15 is 0 Å². The lowest BCUT2D eigenvalue weighted by Crippen LogP contribution is -2.15. The van der Waals surface area contributed by atoms with Gasteiger partial charge in [-0.2, -0.15) is 0 Å². The molecule has 11 heavy (non-hydrogen) atoms. The summed E-state index contributed by atoms with van der Waals surface area (Å²) in [5.41, 5.74) is 1.43. The molecule has 0 saturated heterocycles. The van der Waals surface area contributed by atoms with E-state index in [0.717, 1.165) is 12.5 Å². The minimum atomic E-state index is 0.801. The first-order valence-corrected chi connectivity index (χ1v) is 4.44. The van der Waals surface area contributed by atoms with Crippen molar-refractivity contribution in [3.8, 4) is 0 Å². The SMILES string of the molecule is CNC[C@@H](C)CCC=C(C)C. The minimum Gasteiger partial charge on any atom is -0.319 e. The summed E-state index contributed by atoms with van der Waals surface area (Å²) < 4.78 is 0. The van der Waals surface area contributed by atoms with Gasteiger partial charge in [-0.1, -0.05) is 18.6 Å². The molecule has 1 N–H and O–H groups in total. The molecule has 1 heteroatoms. The summed E-state index contributed by atoms with van der Waals surface area (Å²) in [4.78, 5) is 0. The van der Waals surface area contributed by atoms with Gasteiger partial charge in [0.1, 0.15) is 0 Å². The van der Waals surface area contributed by atoms with Crippen LogP contribution in [0.25, 0.3) is 0 Å². The maximum absolute atomic E-state index is 3.18. The fraction of sp³-hybridized carbons (Fsp3) is 0.800. The van der Waals surface area contributed by atoms with E-state index in [0.29, 0.717) is 0 Å². The third kappa shape index (κ3) is 7.60. The molecule has 0 amide bonds. The van der Waals surface area contributed by atoms with Gasteiger partial charge in [0.25, 0.3) is 0 Å². The Bertz CT molecular complexity index is 112. The highest BCUT2D eigenvalue weighted by atomic mass is 14.8. The zero-order valence-electron chi connectivity index (χ0n) is 8.28. The Labute approximate surface area is 70.9 Å². The molecule has 0 aromatic rings. The average molecular weight is 155 g/mol. The number of rotatable bonds is 5. The van der Waals surface area contributed by atoms with Crippen LogP contribution in [-0.4, -0.2) is 13.6 Å². The first-order valence-electron chi connectivity index (χ1n) is 4.44. The fourth-order valence-electron chi connectivity index (χ4n) is 1.11. The zero-order valence-corrected chi connectivity index (χ0v) is 8.28. The monoisotopic (exact) mass is 155 g/mol. The summed E-state index contributed by atoms with van der Waals surface area (Å²) in [5.74, 6) is 0.801. The molecule has 0 saturated carbocycles. The second-order valence-electron chi connectivity index (χ2n) is 3.52. The quantitative estimate of drug-likeness (QED) is 0.602. The number of allylic oxidation sites excluding steroid dienone is 2. The molecule has 0 heterocycles. The van der Waals surface area contributed by atoms with Gasteiger partial charge in [-0.3, -0.25) is 0 Å². The highest BCUT2D eigenvalue weighted by Gasteiger charge is 1.97. The zero-order chi connectivity index (χ0) is 8.69. The summed E-state index contributed by atoms with van der Waals surface area (Å²) in [6, 6.07) is 0. The number of nitrogens with one attached hydrogen (secondary N) is 1. The topological polar surface area (TPSA) is 12.0 Å². The molecule has 0 aromatic carbocycles. The van der Waals surface area contributed by atoms with Gasteiger partial charge in [0.2, 0.25) is 0 Å². The summed E-state index contributed by atoms with van der Waals surface area (Å²) in [5, 5.41) is 3.18. The van der Waals surface area contributed by atoms with Crippen LogP contribution < -0.4 is 5.32 Å². The van der Waals surface area contributed by atoms with Gasteiger partial charge in [0, 0.05) is 0 Å². The molecule has 1 nitrogen and oxygen atoms in total. The van der Waals surface area contributed by atoms with Crippen molar-refractivity contribution in [2.75, 3.05) is 13.6 Å². The molecule has 1 atom stereocenters. The predicted octanol–water partition coefficient (Wildman–Crippen LogP) is 2.59. The van der Waals surface area contributed by atoms with Crippen molar-refractivity contribution in [2.24, 2.45) is 5.92 Å². The van der Waals surface area contributed by atoms with E-state index in [-0.39, 0.29) is 0 Å². The molecule has 0 bridgehead atoms. The average Bonchev–Trinajstić information content (AvgIpc) is 1.87. The molecule has 0 rings (SSSR count). The molecule has 0 aliphatic carbocycles. The van der Waals surface area contributed by atoms with Gasteiger partial charge in [-0.15, -0.1) is 0 Å². The van der Waals surface area contributed by atoms with Crippen LogP contribution in [0.15, 0.2) is 11.6 Å². The van der Waals surface area contributed by atoms with Crippen molar-refractivity contribution in [1.29, 1.82) is 0 Å². The normalized spacial score (nSPS) is 12.7. The highest BCUT2D eigenvalue weighted by molar-refractivity contribution is 4.92. The Kier molecular flexibility index (Phi) is 6.24. The van der Waals surface area contributed by atoms with Gasteiger partial charge in [0.05, 0.1) is 0 Å².